The average molecular weight is 246 g/mol. The van der Waals surface area contributed by atoms with Crippen molar-refractivity contribution in [3.05, 3.63) is 0 Å². The highest BCUT2D eigenvalue weighted by Gasteiger charge is 2.42. The number of ether oxygens (including phenoxy) is 1. The molecule has 1 amide bonds. The molecular weight excluding hydrogens is 232 g/mol. The van der Waals surface area contributed by atoms with Gasteiger partial charge in [0.05, 0.1) is 6.10 Å². The van der Waals surface area contributed by atoms with Gasteiger partial charge in [0.2, 0.25) is 5.91 Å². The first-order chi connectivity index (χ1) is 7.97. The highest BCUT2D eigenvalue weighted by Crippen LogP contribution is 2.22. The molecule has 0 bridgehead atoms. The van der Waals surface area contributed by atoms with Gasteiger partial charge in [0, 0.05) is 6.42 Å². The SMILES string of the molecule is N#CNC(=O)CC[C@H]1O[C@H](O)[C@@H](O)[C@@H](O)[C@@H]1O. The minimum atomic E-state index is -1.61. The summed E-state index contributed by atoms with van der Waals surface area (Å²) in [7, 11) is 0. The van der Waals surface area contributed by atoms with Crippen molar-refractivity contribution >= 4 is 5.91 Å². The van der Waals surface area contributed by atoms with Gasteiger partial charge in [-0.05, 0) is 6.42 Å². The lowest BCUT2D eigenvalue weighted by Crippen LogP contribution is -2.57. The summed E-state index contributed by atoms with van der Waals surface area (Å²) in [5.74, 6) is -0.557. The number of nitrogens with zero attached hydrogens (tertiary/aromatic N) is 1. The molecule has 0 unspecified atom stereocenters. The second kappa shape index (κ2) is 5.90. The zero-order valence-electron chi connectivity index (χ0n) is 8.85. The summed E-state index contributed by atoms with van der Waals surface area (Å²) in [6.45, 7) is 0. The Morgan fingerprint density at radius 1 is 1.24 bits per heavy atom. The predicted molar refractivity (Wildman–Crippen MR) is 51.9 cm³/mol. The van der Waals surface area contributed by atoms with Gasteiger partial charge in [-0.1, -0.05) is 0 Å². The number of rotatable bonds is 3. The lowest BCUT2D eigenvalue weighted by molar-refractivity contribution is -0.282. The Hall–Kier alpha value is -1.24. The maximum atomic E-state index is 11.0. The third-order valence-corrected chi connectivity index (χ3v) is 2.54. The molecule has 5 atom stereocenters. The average Bonchev–Trinajstić information content (AvgIpc) is 2.30. The number of nitriles is 1. The second-order valence-corrected chi connectivity index (χ2v) is 3.74. The van der Waals surface area contributed by atoms with E-state index in [2.05, 4.69) is 0 Å². The molecule has 0 radical (unpaired) electrons. The van der Waals surface area contributed by atoms with Crippen molar-refractivity contribution in [2.24, 2.45) is 0 Å². The van der Waals surface area contributed by atoms with E-state index in [1.54, 1.807) is 0 Å². The van der Waals surface area contributed by atoms with Crippen LogP contribution in [0.15, 0.2) is 0 Å². The fourth-order valence-corrected chi connectivity index (χ4v) is 1.57. The molecule has 1 rings (SSSR count). The molecule has 0 aromatic carbocycles. The Labute approximate surface area is 97.0 Å². The maximum Gasteiger partial charge on any atom is 0.233 e. The topological polar surface area (TPSA) is 143 Å². The maximum absolute atomic E-state index is 11.0. The lowest BCUT2D eigenvalue weighted by Gasteiger charge is -2.38. The molecule has 1 fully saturated rings. The van der Waals surface area contributed by atoms with Gasteiger partial charge in [-0.15, -0.1) is 0 Å². The van der Waals surface area contributed by atoms with Gasteiger partial charge in [0.25, 0.3) is 0 Å². The Morgan fingerprint density at radius 3 is 2.47 bits per heavy atom. The first kappa shape index (κ1) is 13.8. The minimum Gasteiger partial charge on any atom is -0.388 e. The Balaban J connectivity index is 2.49. The summed E-state index contributed by atoms with van der Waals surface area (Å²) in [4.78, 5) is 11.0. The largest absolute Gasteiger partial charge is 0.388 e. The fraction of sp³-hybridized carbons (Fsp3) is 0.778. The first-order valence-electron chi connectivity index (χ1n) is 5.03. The van der Waals surface area contributed by atoms with Crippen LogP contribution in [0.5, 0.6) is 0 Å². The van der Waals surface area contributed by atoms with E-state index in [-0.39, 0.29) is 12.8 Å². The number of hydrogen-bond acceptors (Lipinski definition) is 7. The number of carbonyl (C=O) groups is 1. The van der Waals surface area contributed by atoms with Gasteiger partial charge in [0.1, 0.15) is 18.3 Å². The molecule has 0 aromatic rings. The van der Waals surface area contributed by atoms with Gasteiger partial charge < -0.3 is 25.2 Å². The van der Waals surface area contributed by atoms with E-state index in [4.69, 9.17) is 10.00 Å². The van der Waals surface area contributed by atoms with Crippen LogP contribution in [0.2, 0.25) is 0 Å². The van der Waals surface area contributed by atoms with E-state index < -0.39 is 36.6 Å². The first-order valence-corrected chi connectivity index (χ1v) is 5.03. The molecule has 0 spiro atoms. The number of carbonyl (C=O) groups excluding carboxylic acids is 1. The van der Waals surface area contributed by atoms with Crippen molar-refractivity contribution in [1.82, 2.24) is 5.32 Å². The molecule has 17 heavy (non-hydrogen) atoms. The van der Waals surface area contributed by atoms with E-state index >= 15 is 0 Å². The molecule has 1 heterocycles. The number of amides is 1. The summed E-state index contributed by atoms with van der Waals surface area (Å²) >= 11 is 0. The lowest BCUT2D eigenvalue weighted by atomic mass is 9.96. The summed E-state index contributed by atoms with van der Waals surface area (Å²) in [6, 6.07) is 0. The van der Waals surface area contributed by atoms with Crippen molar-refractivity contribution in [3.8, 4) is 6.19 Å². The van der Waals surface area contributed by atoms with Crippen LogP contribution in [-0.2, 0) is 9.53 Å². The number of aliphatic hydroxyl groups is 4. The third-order valence-electron chi connectivity index (χ3n) is 2.54. The van der Waals surface area contributed by atoms with Crippen LogP contribution in [0, 0.1) is 11.5 Å². The summed E-state index contributed by atoms with van der Waals surface area (Å²) < 4.78 is 4.84. The van der Waals surface area contributed by atoms with Crippen LogP contribution >= 0.6 is 0 Å². The third kappa shape index (κ3) is 3.36. The second-order valence-electron chi connectivity index (χ2n) is 3.74. The smallest absolute Gasteiger partial charge is 0.233 e. The van der Waals surface area contributed by atoms with E-state index in [9.17, 15) is 25.2 Å². The summed E-state index contributed by atoms with van der Waals surface area (Å²) in [5.41, 5.74) is 0. The van der Waals surface area contributed by atoms with Crippen LogP contribution in [-0.4, -0.2) is 57.0 Å². The summed E-state index contributed by atoms with van der Waals surface area (Å²) in [5, 5.41) is 47.3. The van der Waals surface area contributed by atoms with E-state index in [1.165, 1.54) is 6.19 Å². The molecule has 0 saturated carbocycles. The monoisotopic (exact) mass is 246 g/mol. The Kier molecular flexibility index (Phi) is 4.80. The zero-order valence-corrected chi connectivity index (χ0v) is 8.85. The van der Waals surface area contributed by atoms with Crippen LogP contribution < -0.4 is 5.32 Å². The molecule has 5 N–H and O–H groups in total. The van der Waals surface area contributed by atoms with Crippen molar-refractivity contribution < 1.29 is 30.0 Å². The highest BCUT2D eigenvalue weighted by molar-refractivity contribution is 5.77. The van der Waals surface area contributed by atoms with Crippen molar-refractivity contribution in [2.75, 3.05) is 0 Å². The molecule has 1 aliphatic heterocycles. The van der Waals surface area contributed by atoms with Gasteiger partial charge in [-0.3, -0.25) is 10.1 Å². The normalized spacial score (nSPS) is 37.2. The van der Waals surface area contributed by atoms with Crippen LogP contribution in [0.4, 0.5) is 0 Å². The van der Waals surface area contributed by atoms with E-state index in [1.807, 2.05) is 5.32 Å². The van der Waals surface area contributed by atoms with Crippen molar-refractivity contribution in [2.45, 2.75) is 43.5 Å². The van der Waals surface area contributed by atoms with E-state index in [0.29, 0.717) is 0 Å². The number of nitrogens with one attached hydrogen (secondary N) is 1. The highest BCUT2D eigenvalue weighted by atomic mass is 16.6. The number of aliphatic hydroxyl groups excluding tert-OH is 4. The number of hydrogen-bond donors (Lipinski definition) is 5. The van der Waals surface area contributed by atoms with Gasteiger partial charge in [-0.25, -0.2) is 0 Å². The molecule has 96 valence electrons. The Bertz CT molecular complexity index is 317. The molecule has 0 aliphatic carbocycles. The van der Waals surface area contributed by atoms with Crippen molar-refractivity contribution in [1.29, 1.82) is 5.26 Å². The molecule has 1 saturated heterocycles. The van der Waals surface area contributed by atoms with E-state index in [0.717, 1.165) is 0 Å². The van der Waals surface area contributed by atoms with Crippen molar-refractivity contribution in [3.63, 3.8) is 0 Å². The molecule has 0 aromatic heterocycles. The van der Waals surface area contributed by atoms with Gasteiger partial charge >= 0.3 is 0 Å². The fourth-order valence-electron chi connectivity index (χ4n) is 1.57. The quantitative estimate of drug-likeness (QED) is 0.266. The molecule has 8 heteroatoms. The van der Waals surface area contributed by atoms with Gasteiger partial charge in [0.15, 0.2) is 12.5 Å². The summed E-state index contributed by atoms with van der Waals surface area (Å²) in [6.07, 6.45) is -5.77. The minimum absolute atomic E-state index is 0.00944. The standard InChI is InChI=1S/C9H14N2O6/c10-3-11-5(12)2-1-4-6(13)7(14)8(15)9(16)17-4/h4,6-9,13-16H,1-2H2,(H,11,12)/t4-,6-,7+,8+,9+/m1/s1. The molecule has 8 nitrogen and oxygen atoms in total. The predicted octanol–water partition coefficient (Wildman–Crippen LogP) is -2.84. The Morgan fingerprint density at radius 2 is 1.88 bits per heavy atom. The van der Waals surface area contributed by atoms with Crippen LogP contribution in [0.1, 0.15) is 12.8 Å². The van der Waals surface area contributed by atoms with Crippen LogP contribution in [0.3, 0.4) is 0 Å². The zero-order chi connectivity index (χ0) is 13.0. The molecular formula is C9H14N2O6. The molecule has 1 aliphatic rings. The van der Waals surface area contributed by atoms with Crippen LogP contribution in [0.25, 0.3) is 0 Å². The van der Waals surface area contributed by atoms with Gasteiger partial charge in [-0.2, -0.15) is 5.26 Å².